The fourth-order valence-corrected chi connectivity index (χ4v) is 4.13. The maximum absolute atomic E-state index is 11.0. The number of hydrogen-bond donors (Lipinski definition) is 4. The van der Waals surface area contributed by atoms with Crippen molar-refractivity contribution in [2.24, 2.45) is 0 Å². The van der Waals surface area contributed by atoms with E-state index in [1.807, 2.05) is 98.8 Å². The maximum atomic E-state index is 11.0. The Balaban J connectivity index is 0.000000245. The highest BCUT2D eigenvalue weighted by Crippen LogP contribution is 2.24. The fourth-order valence-electron chi connectivity index (χ4n) is 4.13. The van der Waals surface area contributed by atoms with E-state index < -0.39 is 18.0 Å². The van der Waals surface area contributed by atoms with Crippen LogP contribution in [0, 0.1) is 0 Å². The smallest absolute Gasteiger partial charge is 0.336 e. The van der Waals surface area contributed by atoms with Crippen molar-refractivity contribution in [3.63, 3.8) is 0 Å². The van der Waals surface area contributed by atoms with Crippen LogP contribution in [0.15, 0.2) is 109 Å². The molecule has 4 N–H and O–H groups in total. The van der Waals surface area contributed by atoms with Crippen LogP contribution < -0.4 is 0 Å². The van der Waals surface area contributed by atoms with Gasteiger partial charge in [-0.15, -0.1) is 0 Å². The average molecular weight is 647 g/mol. The lowest BCUT2D eigenvalue weighted by Crippen LogP contribution is -2.27. The second-order valence-electron chi connectivity index (χ2n) is 10.9. The lowest BCUT2D eigenvalue weighted by Gasteiger charge is -2.19. The van der Waals surface area contributed by atoms with Crippen molar-refractivity contribution in [3.05, 3.63) is 120 Å². The van der Waals surface area contributed by atoms with Crippen LogP contribution in [0.4, 0.5) is 0 Å². The van der Waals surface area contributed by atoms with E-state index in [1.54, 1.807) is 38.1 Å². The predicted molar refractivity (Wildman–Crippen MR) is 183 cm³/mol. The third kappa shape index (κ3) is 14.7. The Bertz CT molecular complexity index is 1370. The van der Waals surface area contributed by atoms with Crippen molar-refractivity contribution in [1.82, 2.24) is 0 Å². The lowest BCUT2D eigenvalue weighted by atomic mass is 10.00. The molecule has 4 unspecified atom stereocenters. The molecule has 4 atom stereocenters. The summed E-state index contributed by atoms with van der Waals surface area (Å²) >= 11 is 0. The summed E-state index contributed by atoms with van der Waals surface area (Å²) in [5.41, 5.74) is 4.04. The van der Waals surface area contributed by atoms with Gasteiger partial charge in [-0.1, -0.05) is 97.1 Å². The Morgan fingerprint density at radius 1 is 0.532 bits per heavy atom. The van der Waals surface area contributed by atoms with Crippen LogP contribution in [0.1, 0.15) is 48.4 Å². The highest BCUT2D eigenvalue weighted by atomic mass is 16.6. The molecule has 0 amide bonds. The van der Waals surface area contributed by atoms with E-state index in [1.165, 1.54) is 0 Å². The molecule has 0 fully saturated rings. The topological polar surface area (TPSA) is 143 Å². The Labute approximate surface area is 277 Å². The molecule has 0 radical (unpaired) electrons. The standard InChI is InChI=1S/2C13H10O2.C12H26O5/c2*14-13(15)12-9-5-4-8-11(12)10-6-2-1-3-7-10;1-9(14)6-15-11(3)8-17-12(4)7-16-10(2)5-13/h2*1-9H,(H,14,15);9-14H,5-8H2,1-4H3. The molecular weight excluding hydrogens is 600 g/mol. The van der Waals surface area contributed by atoms with E-state index in [-0.39, 0.29) is 24.9 Å². The van der Waals surface area contributed by atoms with Crippen molar-refractivity contribution in [3.8, 4) is 22.3 Å². The zero-order valence-corrected chi connectivity index (χ0v) is 27.4. The highest BCUT2D eigenvalue weighted by molar-refractivity contribution is 5.96. The summed E-state index contributed by atoms with van der Waals surface area (Å²) in [5, 5.41) is 35.9. The van der Waals surface area contributed by atoms with Crippen LogP contribution in [-0.2, 0) is 14.2 Å². The van der Waals surface area contributed by atoms with Crippen LogP contribution >= 0.6 is 0 Å². The molecule has 0 bridgehead atoms. The quantitative estimate of drug-likeness (QED) is 0.118. The first kappa shape index (κ1) is 38.8. The van der Waals surface area contributed by atoms with Crippen molar-refractivity contribution in [1.29, 1.82) is 0 Å². The van der Waals surface area contributed by atoms with Gasteiger partial charge in [-0.3, -0.25) is 0 Å². The fraction of sp³-hybridized carbons (Fsp3) is 0.316. The molecule has 0 heterocycles. The molecule has 9 heteroatoms. The molecule has 0 aliphatic heterocycles. The SMILES string of the molecule is CC(O)COC(C)COC(C)COC(C)CO.O=C(O)c1ccccc1-c1ccccc1.O=C(O)c1ccccc1-c1ccccc1. The van der Waals surface area contributed by atoms with Crippen LogP contribution in [0.5, 0.6) is 0 Å². The minimum absolute atomic E-state index is 0.0145. The molecule has 4 rings (SSSR count). The number of rotatable bonds is 14. The molecule has 4 aromatic carbocycles. The van der Waals surface area contributed by atoms with E-state index in [4.69, 9.17) is 34.6 Å². The van der Waals surface area contributed by atoms with Gasteiger partial charge in [-0.05, 0) is 62.1 Å². The highest BCUT2D eigenvalue weighted by Gasteiger charge is 2.12. The molecule has 0 saturated carbocycles. The zero-order valence-electron chi connectivity index (χ0n) is 27.4. The minimum Gasteiger partial charge on any atom is -0.478 e. The predicted octanol–water partition coefficient (Wildman–Crippen LogP) is 6.68. The van der Waals surface area contributed by atoms with Crippen molar-refractivity contribution in [2.75, 3.05) is 26.4 Å². The summed E-state index contributed by atoms with van der Waals surface area (Å²) in [5.74, 6) is -1.79. The average Bonchev–Trinajstić information content (AvgIpc) is 3.10. The summed E-state index contributed by atoms with van der Waals surface area (Å²) in [6.45, 7) is 8.53. The van der Waals surface area contributed by atoms with Crippen molar-refractivity contribution >= 4 is 11.9 Å². The number of aliphatic hydroxyl groups excluding tert-OH is 2. The molecule has 9 nitrogen and oxygen atoms in total. The van der Waals surface area contributed by atoms with Gasteiger partial charge in [0.2, 0.25) is 0 Å². The van der Waals surface area contributed by atoms with Crippen LogP contribution in [-0.4, -0.2) is 83.2 Å². The van der Waals surface area contributed by atoms with Gasteiger partial charge in [0.25, 0.3) is 0 Å². The molecular formula is C38H46O9. The number of aromatic carboxylic acids is 2. The van der Waals surface area contributed by atoms with Crippen molar-refractivity contribution in [2.45, 2.75) is 52.1 Å². The zero-order chi connectivity index (χ0) is 34.6. The summed E-state index contributed by atoms with van der Waals surface area (Å²) < 4.78 is 16.2. The number of aliphatic hydroxyl groups is 2. The van der Waals surface area contributed by atoms with E-state index in [0.29, 0.717) is 30.9 Å². The second-order valence-corrected chi connectivity index (χ2v) is 10.9. The molecule has 0 spiro atoms. The summed E-state index contributed by atoms with van der Waals surface area (Å²) in [6, 6.07) is 33.0. The monoisotopic (exact) mass is 646 g/mol. The third-order valence-electron chi connectivity index (χ3n) is 6.59. The summed E-state index contributed by atoms with van der Waals surface area (Å²) in [6.07, 6.45) is -0.711. The maximum Gasteiger partial charge on any atom is 0.336 e. The number of hydrogen-bond acceptors (Lipinski definition) is 7. The first-order valence-corrected chi connectivity index (χ1v) is 15.4. The number of carboxylic acids is 2. The first-order valence-electron chi connectivity index (χ1n) is 15.4. The van der Waals surface area contributed by atoms with E-state index in [9.17, 15) is 9.59 Å². The normalized spacial score (nSPS) is 13.1. The van der Waals surface area contributed by atoms with Crippen LogP contribution in [0.2, 0.25) is 0 Å². The van der Waals surface area contributed by atoms with Gasteiger partial charge in [0.15, 0.2) is 0 Å². The van der Waals surface area contributed by atoms with E-state index >= 15 is 0 Å². The molecule has 0 aliphatic carbocycles. The second kappa shape index (κ2) is 21.4. The summed E-state index contributed by atoms with van der Waals surface area (Å²) in [4.78, 5) is 22.0. The number of carbonyl (C=O) groups is 2. The van der Waals surface area contributed by atoms with Gasteiger partial charge in [0.05, 0.1) is 62.0 Å². The Hall–Kier alpha value is -4.38. The molecule has 0 aliphatic rings. The summed E-state index contributed by atoms with van der Waals surface area (Å²) in [7, 11) is 0. The van der Waals surface area contributed by atoms with E-state index in [0.717, 1.165) is 22.3 Å². The number of benzene rings is 4. The molecule has 252 valence electrons. The molecule has 0 saturated heterocycles. The van der Waals surface area contributed by atoms with Gasteiger partial charge in [0.1, 0.15) is 0 Å². The lowest BCUT2D eigenvalue weighted by molar-refractivity contribution is -0.0825. The first-order chi connectivity index (χ1) is 22.5. The Morgan fingerprint density at radius 2 is 0.872 bits per heavy atom. The molecule has 0 aromatic heterocycles. The van der Waals surface area contributed by atoms with Crippen LogP contribution in [0.25, 0.3) is 22.3 Å². The van der Waals surface area contributed by atoms with Gasteiger partial charge in [-0.2, -0.15) is 0 Å². The van der Waals surface area contributed by atoms with Crippen molar-refractivity contribution < 1.29 is 44.2 Å². The molecule has 47 heavy (non-hydrogen) atoms. The van der Waals surface area contributed by atoms with Gasteiger partial charge in [0, 0.05) is 0 Å². The molecule has 4 aromatic rings. The van der Waals surface area contributed by atoms with Gasteiger partial charge >= 0.3 is 11.9 Å². The van der Waals surface area contributed by atoms with Gasteiger partial charge in [-0.25, -0.2) is 9.59 Å². The Kier molecular flexibility index (Phi) is 17.7. The largest absolute Gasteiger partial charge is 0.478 e. The van der Waals surface area contributed by atoms with Gasteiger partial charge < -0.3 is 34.6 Å². The minimum atomic E-state index is -0.894. The van der Waals surface area contributed by atoms with Crippen LogP contribution in [0.3, 0.4) is 0 Å². The number of carboxylic acid groups (broad SMARTS) is 2. The number of ether oxygens (including phenoxy) is 3. The Morgan fingerprint density at radius 3 is 1.23 bits per heavy atom. The third-order valence-corrected chi connectivity index (χ3v) is 6.59. The van der Waals surface area contributed by atoms with E-state index in [2.05, 4.69) is 0 Å².